The lowest BCUT2D eigenvalue weighted by atomic mass is 9.93. The number of aryl methyl sites for hydroxylation is 2. The second-order valence-electron chi connectivity index (χ2n) is 5.60. The number of nitrogens with zero attached hydrogens (tertiary/aromatic N) is 3. The number of fused-ring (bicyclic) bond motifs is 1. The van der Waals surface area contributed by atoms with E-state index in [1.807, 2.05) is 6.92 Å². The summed E-state index contributed by atoms with van der Waals surface area (Å²) in [5, 5.41) is 22.9. The van der Waals surface area contributed by atoms with Gasteiger partial charge >= 0.3 is 0 Å². The molecule has 2 aromatic rings. The molecule has 6 heteroatoms. The third-order valence-electron chi connectivity index (χ3n) is 3.86. The molecule has 1 atom stereocenters. The molecule has 20 heavy (non-hydrogen) atoms. The Kier molecular flexibility index (Phi) is 3.40. The quantitative estimate of drug-likeness (QED) is 0.881. The second-order valence-corrected chi connectivity index (χ2v) is 6.46. The van der Waals surface area contributed by atoms with Crippen LogP contribution in [0.4, 0.5) is 5.82 Å². The molecule has 1 unspecified atom stereocenters. The average molecular weight is 293 g/mol. The lowest BCUT2D eigenvalue weighted by Crippen LogP contribution is -2.50. The highest BCUT2D eigenvalue weighted by atomic mass is 32.1. The van der Waals surface area contributed by atoms with Crippen molar-refractivity contribution in [3.63, 3.8) is 0 Å². The number of aliphatic hydroxyl groups excluding tert-OH is 1. The maximum atomic E-state index is 10.3. The molecule has 1 aliphatic heterocycles. The summed E-state index contributed by atoms with van der Waals surface area (Å²) < 4.78 is 0. The van der Waals surface area contributed by atoms with Crippen molar-refractivity contribution < 1.29 is 10.2 Å². The van der Waals surface area contributed by atoms with E-state index in [2.05, 4.69) is 27.2 Å². The first-order valence-electron chi connectivity index (χ1n) is 6.83. The van der Waals surface area contributed by atoms with Crippen LogP contribution in [0.15, 0.2) is 5.38 Å². The lowest BCUT2D eigenvalue weighted by molar-refractivity contribution is -0.0242. The zero-order valence-corrected chi connectivity index (χ0v) is 12.6. The summed E-state index contributed by atoms with van der Waals surface area (Å²) in [7, 11) is 0. The molecule has 1 saturated heterocycles. The Labute approximate surface area is 121 Å². The van der Waals surface area contributed by atoms with Crippen molar-refractivity contribution in [2.24, 2.45) is 0 Å². The topological polar surface area (TPSA) is 69.5 Å². The van der Waals surface area contributed by atoms with E-state index >= 15 is 0 Å². The Bertz CT molecular complexity index is 643. The predicted octanol–water partition coefficient (Wildman–Crippen LogP) is 1.63. The number of piperidine rings is 1. The van der Waals surface area contributed by atoms with Gasteiger partial charge in [0, 0.05) is 6.54 Å². The average Bonchev–Trinajstić information content (AvgIpc) is 2.79. The monoisotopic (exact) mass is 293 g/mol. The van der Waals surface area contributed by atoms with Gasteiger partial charge in [0.1, 0.15) is 22.1 Å². The summed E-state index contributed by atoms with van der Waals surface area (Å²) in [4.78, 5) is 12.1. The number of β-amino-alcohol motifs (C(OH)–C–C–N with tert-alkyl or cyclic N) is 1. The van der Waals surface area contributed by atoms with Crippen LogP contribution in [0.1, 0.15) is 24.2 Å². The van der Waals surface area contributed by atoms with Crippen LogP contribution in [0.3, 0.4) is 0 Å². The van der Waals surface area contributed by atoms with E-state index < -0.39 is 5.60 Å². The number of aliphatic hydroxyl groups is 2. The van der Waals surface area contributed by atoms with Gasteiger partial charge in [0.2, 0.25) is 0 Å². The fourth-order valence-electron chi connectivity index (χ4n) is 2.82. The fraction of sp³-hybridized carbons (Fsp3) is 0.571. The second kappa shape index (κ2) is 4.95. The zero-order valence-electron chi connectivity index (χ0n) is 11.8. The Hall–Kier alpha value is -1.24. The van der Waals surface area contributed by atoms with Gasteiger partial charge < -0.3 is 15.1 Å². The molecule has 1 fully saturated rings. The van der Waals surface area contributed by atoms with Crippen LogP contribution >= 0.6 is 11.3 Å². The van der Waals surface area contributed by atoms with Gasteiger partial charge in [-0.05, 0) is 37.6 Å². The van der Waals surface area contributed by atoms with Gasteiger partial charge in [-0.25, -0.2) is 9.97 Å². The molecule has 108 valence electrons. The number of aromatic nitrogens is 2. The van der Waals surface area contributed by atoms with Gasteiger partial charge in [0.15, 0.2) is 0 Å². The van der Waals surface area contributed by atoms with Crippen LogP contribution in [0.25, 0.3) is 10.2 Å². The molecule has 0 amide bonds. The Morgan fingerprint density at radius 3 is 2.95 bits per heavy atom. The van der Waals surface area contributed by atoms with Crippen molar-refractivity contribution in [1.82, 2.24) is 9.97 Å². The minimum absolute atomic E-state index is 0.209. The minimum atomic E-state index is -1.02. The first kappa shape index (κ1) is 13.7. The molecule has 1 aliphatic rings. The van der Waals surface area contributed by atoms with Gasteiger partial charge in [-0.2, -0.15) is 0 Å². The van der Waals surface area contributed by atoms with E-state index in [0.717, 1.165) is 40.4 Å². The number of thiophene rings is 1. The Morgan fingerprint density at radius 1 is 1.40 bits per heavy atom. The molecule has 0 spiro atoms. The molecular weight excluding hydrogens is 274 g/mol. The van der Waals surface area contributed by atoms with Crippen LogP contribution in [-0.2, 0) is 0 Å². The number of hydrogen-bond donors (Lipinski definition) is 2. The number of rotatable bonds is 2. The van der Waals surface area contributed by atoms with Crippen LogP contribution in [0, 0.1) is 13.8 Å². The van der Waals surface area contributed by atoms with E-state index in [9.17, 15) is 10.2 Å². The lowest BCUT2D eigenvalue weighted by Gasteiger charge is -2.39. The van der Waals surface area contributed by atoms with E-state index in [0.29, 0.717) is 13.0 Å². The van der Waals surface area contributed by atoms with E-state index in [-0.39, 0.29) is 6.61 Å². The molecule has 5 nitrogen and oxygen atoms in total. The van der Waals surface area contributed by atoms with Crippen molar-refractivity contribution in [2.75, 3.05) is 24.6 Å². The number of hydrogen-bond acceptors (Lipinski definition) is 6. The maximum absolute atomic E-state index is 10.3. The van der Waals surface area contributed by atoms with Crippen LogP contribution in [-0.4, -0.2) is 45.5 Å². The molecule has 2 N–H and O–H groups in total. The summed E-state index contributed by atoms with van der Waals surface area (Å²) >= 11 is 1.62. The number of anilines is 1. The third-order valence-corrected chi connectivity index (χ3v) is 4.85. The first-order valence-corrected chi connectivity index (χ1v) is 7.71. The van der Waals surface area contributed by atoms with Crippen molar-refractivity contribution in [3.8, 4) is 0 Å². The van der Waals surface area contributed by atoms with Crippen molar-refractivity contribution in [1.29, 1.82) is 0 Å². The normalized spacial score (nSPS) is 23.5. The van der Waals surface area contributed by atoms with Crippen molar-refractivity contribution in [2.45, 2.75) is 32.3 Å². The largest absolute Gasteiger partial charge is 0.393 e. The van der Waals surface area contributed by atoms with E-state index in [1.54, 1.807) is 11.3 Å². The molecule has 3 heterocycles. The highest BCUT2D eigenvalue weighted by Gasteiger charge is 2.34. The summed E-state index contributed by atoms with van der Waals surface area (Å²) in [5.41, 5.74) is 0.144. The molecular formula is C14H19N3O2S. The molecule has 0 bridgehead atoms. The van der Waals surface area contributed by atoms with Crippen molar-refractivity contribution >= 4 is 27.4 Å². The maximum Gasteiger partial charge on any atom is 0.141 e. The molecule has 3 rings (SSSR count). The standard InChI is InChI=1S/C14H19N3O2S/c1-9-6-20-13-11(9)12(15-10(2)16-13)17-5-3-4-14(19,7-17)8-18/h6,18-19H,3-5,7-8H2,1-2H3. The minimum Gasteiger partial charge on any atom is -0.393 e. The molecule has 0 aliphatic carbocycles. The Morgan fingerprint density at radius 2 is 2.20 bits per heavy atom. The first-order chi connectivity index (χ1) is 9.52. The SMILES string of the molecule is Cc1nc(N2CCCC(O)(CO)C2)c2c(C)csc2n1. The highest BCUT2D eigenvalue weighted by Crippen LogP contribution is 2.34. The van der Waals surface area contributed by atoms with Crippen LogP contribution in [0.5, 0.6) is 0 Å². The molecule has 0 aromatic carbocycles. The predicted molar refractivity (Wildman–Crippen MR) is 80.4 cm³/mol. The summed E-state index contributed by atoms with van der Waals surface area (Å²) in [5.74, 6) is 1.63. The van der Waals surface area contributed by atoms with E-state index in [4.69, 9.17) is 0 Å². The van der Waals surface area contributed by atoms with Gasteiger partial charge in [-0.15, -0.1) is 11.3 Å². The van der Waals surface area contributed by atoms with Gasteiger partial charge in [-0.1, -0.05) is 0 Å². The van der Waals surface area contributed by atoms with Crippen molar-refractivity contribution in [3.05, 3.63) is 16.8 Å². The van der Waals surface area contributed by atoms with Crippen LogP contribution in [0.2, 0.25) is 0 Å². The third kappa shape index (κ3) is 2.28. The van der Waals surface area contributed by atoms with E-state index in [1.165, 1.54) is 0 Å². The van der Waals surface area contributed by atoms with Gasteiger partial charge in [0.05, 0.1) is 18.5 Å². The van der Waals surface area contributed by atoms with Crippen LogP contribution < -0.4 is 4.90 Å². The smallest absolute Gasteiger partial charge is 0.141 e. The fourth-order valence-corrected chi connectivity index (χ4v) is 3.78. The molecule has 0 radical (unpaired) electrons. The molecule has 0 saturated carbocycles. The summed E-state index contributed by atoms with van der Waals surface area (Å²) in [6.07, 6.45) is 1.49. The Balaban J connectivity index is 2.07. The molecule has 2 aromatic heterocycles. The van der Waals surface area contributed by atoms with Gasteiger partial charge in [-0.3, -0.25) is 0 Å². The van der Waals surface area contributed by atoms with Gasteiger partial charge in [0.25, 0.3) is 0 Å². The highest BCUT2D eigenvalue weighted by molar-refractivity contribution is 7.17. The zero-order chi connectivity index (χ0) is 14.3. The summed E-state index contributed by atoms with van der Waals surface area (Å²) in [6.45, 7) is 5.01. The summed E-state index contributed by atoms with van der Waals surface area (Å²) in [6, 6.07) is 0.